The summed E-state index contributed by atoms with van der Waals surface area (Å²) < 4.78 is 55.8. The number of aliphatic hydroxyl groups is 1. The van der Waals surface area contributed by atoms with E-state index in [2.05, 4.69) is 15.6 Å². The second-order valence-corrected chi connectivity index (χ2v) is 13.5. The number of amides is 2. The molecule has 2 aromatic heterocycles. The highest BCUT2D eigenvalue weighted by molar-refractivity contribution is 7.88. The van der Waals surface area contributed by atoms with Crippen molar-refractivity contribution in [2.45, 2.75) is 57.7 Å². The van der Waals surface area contributed by atoms with Crippen molar-refractivity contribution in [3.05, 3.63) is 64.9 Å². The van der Waals surface area contributed by atoms with Gasteiger partial charge in [-0.3, -0.25) is 9.59 Å². The maximum atomic E-state index is 14.9. The molecule has 1 atom stereocenters. The number of nitrogens with two attached hydrogens (primary N) is 1. The molecule has 4 rings (SSSR count). The van der Waals surface area contributed by atoms with Crippen LogP contribution in [0, 0.1) is 11.6 Å². The fourth-order valence-corrected chi connectivity index (χ4v) is 6.68. The number of nitrogens with one attached hydrogen (secondary N) is 2. The number of carbonyl (C=O) groups is 2. The van der Waals surface area contributed by atoms with Crippen LogP contribution in [0.15, 0.2) is 36.4 Å². The molecule has 1 fully saturated rings. The van der Waals surface area contributed by atoms with Gasteiger partial charge in [-0.1, -0.05) is 18.9 Å². The van der Waals surface area contributed by atoms with E-state index in [0.29, 0.717) is 5.69 Å². The summed E-state index contributed by atoms with van der Waals surface area (Å²) in [6, 6.07) is 8.36. The first-order valence-electron chi connectivity index (χ1n) is 13.4. The molecule has 0 aliphatic heterocycles. The maximum absolute atomic E-state index is 14.9. The van der Waals surface area contributed by atoms with Gasteiger partial charge in [0.2, 0.25) is 15.9 Å². The molecule has 0 saturated heterocycles. The molecule has 5 N–H and O–H groups in total. The Morgan fingerprint density at radius 1 is 1.19 bits per heavy atom. The third kappa shape index (κ3) is 8.09. The largest absolute Gasteiger partial charge is 0.393 e. The van der Waals surface area contributed by atoms with Gasteiger partial charge in [-0.15, -0.1) is 11.3 Å². The number of sulfonamides is 1. The Kier molecular flexibility index (Phi) is 9.92. The van der Waals surface area contributed by atoms with Crippen LogP contribution in [-0.2, 0) is 27.8 Å². The zero-order valence-corrected chi connectivity index (χ0v) is 24.8. The Bertz CT molecular complexity index is 1550. The Balaban J connectivity index is 1.55. The van der Waals surface area contributed by atoms with Crippen molar-refractivity contribution in [2.24, 2.45) is 5.73 Å². The van der Waals surface area contributed by atoms with Gasteiger partial charge in [-0.2, -0.15) is 4.31 Å². The van der Waals surface area contributed by atoms with Crippen LogP contribution in [0.4, 0.5) is 19.6 Å². The zero-order valence-electron chi connectivity index (χ0n) is 23.2. The van der Waals surface area contributed by atoms with E-state index in [1.807, 2.05) is 0 Å². The number of anilines is 2. The average Bonchev–Trinajstić information content (AvgIpc) is 3.53. The van der Waals surface area contributed by atoms with Crippen molar-refractivity contribution >= 4 is 44.0 Å². The first-order valence-corrected chi connectivity index (χ1v) is 16.0. The van der Waals surface area contributed by atoms with E-state index in [1.165, 1.54) is 13.0 Å². The SMILES string of the molecule is CC(O)Cc1cc(F)c(-c2cc(C(N)=O)c(Nc3cccc(CN(CC(=O)NC4CCCC4)S(C)(=O)=O)n3)s2)c(F)c1. The van der Waals surface area contributed by atoms with Gasteiger partial charge in [0.05, 0.1) is 42.3 Å². The summed E-state index contributed by atoms with van der Waals surface area (Å²) in [5.41, 5.74) is 5.79. The summed E-state index contributed by atoms with van der Waals surface area (Å²) in [6.45, 7) is 0.970. The molecule has 0 spiro atoms. The normalized spacial score (nSPS) is 14.7. The summed E-state index contributed by atoms with van der Waals surface area (Å²) in [6.07, 6.45) is 4.08. The van der Waals surface area contributed by atoms with Gasteiger partial charge >= 0.3 is 0 Å². The quantitative estimate of drug-likeness (QED) is 0.241. The number of hydrogen-bond donors (Lipinski definition) is 4. The fourth-order valence-electron chi connectivity index (χ4n) is 4.84. The lowest BCUT2D eigenvalue weighted by Crippen LogP contribution is -2.43. The van der Waals surface area contributed by atoms with Gasteiger partial charge in [0.1, 0.15) is 22.5 Å². The summed E-state index contributed by atoms with van der Waals surface area (Å²) in [5.74, 6) is -2.71. The first kappa shape index (κ1) is 31.5. The summed E-state index contributed by atoms with van der Waals surface area (Å²) in [4.78, 5) is 29.3. The van der Waals surface area contributed by atoms with Gasteiger partial charge in [0, 0.05) is 10.9 Å². The molecule has 226 valence electrons. The first-order chi connectivity index (χ1) is 19.8. The fraction of sp³-hybridized carbons (Fsp3) is 0.393. The molecule has 14 heteroatoms. The molecule has 2 heterocycles. The van der Waals surface area contributed by atoms with E-state index >= 15 is 0 Å². The molecule has 2 amide bonds. The maximum Gasteiger partial charge on any atom is 0.251 e. The number of carbonyl (C=O) groups excluding carboxylic acids is 2. The third-order valence-corrected chi connectivity index (χ3v) is 9.04. The predicted molar refractivity (Wildman–Crippen MR) is 157 cm³/mol. The minimum atomic E-state index is -3.76. The second-order valence-electron chi connectivity index (χ2n) is 10.4. The highest BCUT2D eigenvalue weighted by atomic mass is 32.2. The minimum absolute atomic E-state index is 0.0181. The Morgan fingerprint density at radius 3 is 2.45 bits per heavy atom. The van der Waals surface area contributed by atoms with Crippen molar-refractivity contribution < 1.29 is 31.9 Å². The van der Waals surface area contributed by atoms with Gasteiger partial charge in [-0.05, 0) is 62.1 Å². The van der Waals surface area contributed by atoms with E-state index in [4.69, 9.17) is 5.73 Å². The van der Waals surface area contributed by atoms with E-state index in [1.54, 1.807) is 18.2 Å². The lowest BCUT2D eigenvalue weighted by Gasteiger charge is -2.21. The van der Waals surface area contributed by atoms with Crippen LogP contribution in [0.5, 0.6) is 0 Å². The van der Waals surface area contributed by atoms with E-state index < -0.39 is 39.6 Å². The second kappa shape index (κ2) is 13.2. The number of benzene rings is 1. The summed E-state index contributed by atoms with van der Waals surface area (Å²) >= 11 is 0.891. The Labute approximate surface area is 247 Å². The van der Waals surface area contributed by atoms with Crippen LogP contribution in [0.25, 0.3) is 10.4 Å². The van der Waals surface area contributed by atoms with Crippen molar-refractivity contribution in [3.8, 4) is 10.4 Å². The molecular weight excluding hydrogens is 588 g/mol. The van der Waals surface area contributed by atoms with Crippen LogP contribution in [0.2, 0.25) is 0 Å². The molecule has 0 radical (unpaired) electrons. The van der Waals surface area contributed by atoms with Crippen molar-refractivity contribution in [3.63, 3.8) is 0 Å². The lowest BCUT2D eigenvalue weighted by molar-refractivity contribution is -0.122. The van der Waals surface area contributed by atoms with Gasteiger partial charge in [0.25, 0.3) is 5.91 Å². The molecule has 0 bridgehead atoms. The van der Waals surface area contributed by atoms with E-state index in [0.717, 1.165) is 59.7 Å². The number of rotatable bonds is 12. The highest BCUT2D eigenvalue weighted by Crippen LogP contribution is 2.39. The predicted octanol–water partition coefficient (Wildman–Crippen LogP) is 3.67. The number of halogens is 2. The van der Waals surface area contributed by atoms with Crippen LogP contribution < -0.4 is 16.4 Å². The molecule has 1 saturated carbocycles. The molecule has 42 heavy (non-hydrogen) atoms. The van der Waals surface area contributed by atoms with E-state index in [9.17, 15) is 31.9 Å². The lowest BCUT2D eigenvalue weighted by atomic mass is 10.0. The van der Waals surface area contributed by atoms with Crippen molar-refractivity contribution in [1.82, 2.24) is 14.6 Å². The molecule has 1 aliphatic carbocycles. The van der Waals surface area contributed by atoms with Crippen LogP contribution in [0.3, 0.4) is 0 Å². The van der Waals surface area contributed by atoms with Crippen LogP contribution in [0.1, 0.15) is 54.2 Å². The number of primary amides is 1. The molecular formula is C28H33F2N5O5S2. The number of nitrogens with zero attached hydrogens (tertiary/aromatic N) is 2. The minimum Gasteiger partial charge on any atom is -0.393 e. The number of hydrogen-bond acceptors (Lipinski definition) is 8. The molecule has 1 aliphatic rings. The highest BCUT2D eigenvalue weighted by Gasteiger charge is 2.25. The Hall–Kier alpha value is -3.46. The zero-order chi connectivity index (χ0) is 30.6. The third-order valence-electron chi connectivity index (χ3n) is 6.77. The van der Waals surface area contributed by atoms with Crippen LogP contribution >= 0.6 is 11.3 Å². The number of aromatic nitrogens is 1. The van der Waals surface area contributed by atoms with Crippen molar-refractivity contribution in [2.75, 3.05) is 18.1 Å². The summed E-state index contributed by atoms with van der Waals surface area (Å²) in [5, 5.41) is 15.6. The monoisotopic (exact) mass is 621 g/mol. The van der Waals surface area contributed by atoms with Crippen LogP contribution in [-0.4, -0.2) is 59.6 Å². The molecule has 10 nitrogen and oxygen atoms in total. The van der Waals surface area contributed by atoms with Gasteiger partial charge in [-0.25, -0.2) is 22.2 Å². The Morgan fingerprint density at radius 2 is 1.86 bits per heavy atom. The molecule has 1 aromatic carbocycles. The number of aliphatic hydroxyl groups excluding tert-OH is 1. The summed E-state index contributed by atoms with van der Waals surface area (Å²) in [7, 11) is -3.76. The van der Waals surface area contributed by atoms with E-state index in [-0.39, 0.29) is 57.9 Å². The van der Waals surface area contributed by atoms with Gasteiger partial charge in [0.15, 0.2) is 0 Å². The number of pyridine rings is 1. The van der Waals surface area contributed by atoms with Crippen molar-refractivity contribution in [1.29, 1.82) is 0 Å². The average molecular weight is 622 g/mol. The molecule has 3 aromatic rings. The van der Waals surface area contributed by atoms with Gasteiger partial charge < -0.3 is 21.5 Å². The standard InChI is InChI=1S/C28H33F2N5O5S2/c1-16(36)10-17-11-21(29)26(22(30)12-17)23-13-20(27(31)38)28(41-23)34-24-9-5-8-19(32-24)14-35(42(2,39)40)15-25(37)33-18-6-3-4-7-18/h5,8-9,11-13,16,18,36H,3-4,6-7,10,14-15H2,1-2H3,(H2,31,38)(H,32,34)(H,33,37). The smallest absolute Gasteiger partial charge is 0.251 e. The topological polar surface area (TPSA) is 155 Å². The molecule has 1 unspecified atom stereocenters. The number of thiophene rings is 1.